The lowest BCUT2D eigenvalue weighted by Gasteiger charge is -2.16. The maximum Gasteiger partial charge on any atom is 0.161 e. The van der Waals surface area contributed by atoms with Crippen LogP contribution in [0.4, 0.5) is 0 Å². The first kappa shape index (κ1) is 16.2. The predicted octanol–water partition coefficient (Wildman–Crippen LogP) is 3.56. The summed E-state index contributed by atoms with van der Waals surface area (Å²) < 4.78 is 15.8. The quantitative estimate of drug-likeness (QED) is 0.849. The molecule has 2 rings (SSSR count). The van der Waals surface area contributed by atoms with Crippen LogP contribution in [0.25, 0.3) is 0 Å². The molecular formula is C18H23NO3. The van der Waals surface area contributed by atoms with Gasteiger partial charge in [0.25, 0.3) is 0 Å². The van der Waals surface area contributed by atoms with E-state index in [1.807, 2.05) is 30.3 Å². The van der Waals surface area contributed by atoms with Gasteiger partial charge in [0.15, 0.2) is 11.5 Å². The van der Waals surface area contributed by atoms with Gasteiger partial charge in [0.2, 0.25) is 0 Å². The first-order chi connectivity index (χ1) is 10.7. The standard InChI is InChI=1S/C18H23NO3/c1-13(15-7-10-17(21-3)18(11-15)22-4)19-12-14-5-8-16(20-2)9-6-14/h5-11,13,19H,12H2,1-4H3. The Bertz CT molecular complexity index is 596. The van der Waals surface area contributed by atoms with E-state index >= 15 is 0 Å². The van der Waals surface area contributed by atoms with Gasteiger partial charge in [-0.2, -0.15) is 0 Å². The van der Waals surface area contributed by atoms with Crippen LogP contribution in [-0.4, -0.2) is 21.3 Å². The van der Waals surface area contributed by atoms with Gasteiger partial charge in [-0.25, -0.2) is 0 Å². The molecule has 1 unspecified atom stereocenters. The minimum Gasteiger partial charge on any atom is -0.497 e. The molecule has 1 N–H and O–H groups in total. The van der Waals surface area contributed by atoms with Gasteiger partial charge in [-0.3, -0.25) is 0 Å². The smallest absolute Gasteiger partial charge is 0.161 e. The van der Waals surface area contributed by atoms with Crippen molar-refractivity contribution in [2.45, 2.75) is 19.5 Å². The van der Waals surface area contributed by atoms with E-state index in [0.717, 1.165) is 29.4 Å². The monoisotopic (exact) mass is 301 g/mol. The Morgan fingerprint density at radius 2 is 1.55 bits per heavy atom. The Morgan fingerprint density at radius 3 is 2.14 bits per heavy atom. The SMILES string of the molecule is COc1ccc(CNC(C)c2ccc(OC)c(OC)c2)cc1. The van der Waals surface area contributed by atoms with Crippen molar-refractivity contribution in [2.75, 3.05) is 21.3 Å². The molecule has 0 spiro atoms. The van der Waals surface area contributed by atoms with Crippen LogP contribution < -0.4 is 19.5 Å². The largest absolute Gasteiger partial charge is 0.497 e. The highest BCUT2D eigenvalue weighted by atomic mass is 16.5. The van der Waals surface area contributed by atoms with E-state index in [0.29, 0.717) is 0 Å². The molecule has 0 amide bonds. The lowest BCUT2D eigenvalue weighted by Crippen LogP contribution is -2.18. The zero-order valence-corrected chi connectivity index (χ0v) is 13.6. The zero-order valence-electron chi connectivity index (χ0n) is 13.6. The number of benzene rings is 2. The molecule has 0 aliphatic rings. The number of hydrogen-bond donors (Lipinski definition) is 1. The van der Waals surface area contributed by atoms with Crippen molar-refractivity contribution in [3.05, 3.63) is 53.6 Å². The molecule has 118 valence electrons. The molecule has 0 bridgehead atoms. The average Bonchev–Trinajstić information content (AvgIpc) is 2.59. The molecule has 0 fully saturated rings. The molecule has 1 atom stereocenters. The molecule has 0 saturated carbocycles. The first-order valence-corrected chi connectivity index (χ1v) is 7.26. The van der Waals surface area contributed by atoms with Crippen molar-refractivity contribution >= 4 is 0 Å². The second-order valence-corrected chi connectivity index (χ2v) is 5.07. The van der Waals surface area contributed by atoms with Crippen LogP contribution in [0.2, 0.25) is 0 Å². The maximum absolute atomic E-state index is 5.35. The van der Waals surface area contributed by atoms with E-state index in [4.69, 9.17) is 14.2 Å². The van der Waals surface area contributed by atoms with Crippen molar-refractivity contribution in [1.29, 1.82) is 0 Å². The van der Waals surface area contributed by atoms with Gasteiger partial charge >= 0.3 is 0 Å². The third kappa shape index (κ3) is 3.92. The van der Waals surface area contributed by atoms with Gasteiger partial charge in [-0.05, 0) is 42.3 Å². The molecule has 0 saturated heterocycles. The van der Waals surface area contributed by atoms with E-state index in [1.165, 1.54) is 5.56 Å². The van der Waals surface area contributed by atoms with E-state index in [-0.39, 0.29) is 6.04 Å². The van der Waals surface area contributed by atoms with Crippen LogP contribution in [0.1, 0.15) is 24.1 Å². The van der Waals surface area contributed by atoms with Crippen molar-refractivity contribution in [3.8, 4) is 17.2 Å². The molecule has 0 aliphatic carbocycles. The topological polar surface area (TPSA) is 39.7 Å². The molecule has 4 nitrogen and oxygen atoms in total. The second-order valence-electron chi connectivity index (χ2n) is 5.07. The fourth-order valence-electron chi connectivity index (χ4n) is 2.25. The fraction of sp³-hybridized carbons (Fsp3) is 0.333. The summed E-state index contributed by atoms with van der Waals surface area (Å²) in [4.78, 5) is 0. The minimum absolute atomic E-state index is 0.210. The summed E-state index contributed by atoms with van der Waals surface area (Å²) in [5.41, 5.74) is 2.37. The Morgan fingerprint density at radius 1 is 0.864 bits per heavy atom. The van der Waals surface area contributed by atoms with Crippen LogP contribution in [0.15, 0.2) is 42.5 Å². The Balaban J connectivity index is 2.00. The van der Waals surface area contributed by atoms with Crippen molar-refractivity contribution < 1.29 is 14.2 Å². The summed E-state index contributed by atoms with van der Waals surface area (Å²) in [6.45, 7) is 2.92. The number of nitrogens with one attached hydrogen (secondary N) is 1. The van der Waals surface area contributed by atoms with Gasteiger partial charge in [-0.15, -0.1) is 0 Å². The first-order valence-electron chi connectivity index (χ1n) is 7.26. The number of hydrogen-bond acceptors (Lipinski definition) is 4. The van der Waals surface area contributed by atoms with Gasteiger partial charge in [-0.1, -0.05) is 18.2 Å². The van der Waals surface area contributed by atoms with Gasteiger partial charge < -0.3 is 19.5 Å². The van der Waals surface area contributed by atoms with Crippen molar-refractivity contribution in [1.82, 2.24) is 5.32 Å². The average molecular weight is 301 g/mol. The lowest BCUT2D eigenvalue weighted by atomic mass is 10.1. The summed E-state index contributed by atoms with van der Waals surface area (Å²) >= 11 is 0. The molecule has 22 heavy (non-hydrogen) atoms. The summed E-state index contributed by atoms with van der Waals surface area (Å²) in [6.07, 6.45) is 0. The lowest BCUT2D eigenvalue weighted by molar-refractivity contribution is 0.354. The maximum atomic E-state index is 5.35. The highest BCUT2D eigenvalue weighted by molar-refractivity contribution is 5.43. The molecule has 2 aromatic carbocycles. The van der Waals surface area contributed by atoms with Crippen LogP contribution in [-0.2, 0) is 6.54 Å². The number of methoxy groups -OCH3 is 3. The summed E-state index contributed by atoms with van der Waals surface area (Å²) in [5, 5.41) is 3.50. The number of ether oxygens (including phenoxy) is 3. The predicted molar refractivity (Wildman–Crippen MR) is 87.8 cm³/mol. The summed E-state index contributed by atoms with van der Waals surface area (Å²) in [5.74, 6) is 2.36. The number of rotatable bonds is 7. The van der Waals surface area contributed by atoms with Gasteiger partial charge in [0.05, 0.1) is 21.3 Å². The minimum atomic E-state index is 0.210. The zero-order chi connectivity index (χ0) is 15.9. The molecule has 4 heteroatoms. The molecular weight excluding hydrogens is 278 g/mol. The highest BCUT2D eigenvalue weighted by Gasteiger charge is 2.10. The Labute approximate surface area is 132 Å². The van der Waals surface area contributed by atoms with Gasteiger partial charge in [0, 0.05) is 12.6 Å². The molecule has 0 aromatic heterocycles. The Hall–Kier alpha value is -2.20. The summed E-state index contributed by atoms with van der Waals surface area (Å²) in [6, 6.07) is 14.3. The molecule has 2 aromatic rings. The third-order valence-electron chi connectivity index (χ3n) is 3.68. The van der Waals surface area contributed by atoms with E-state index < -0.39 is 0 Å². The molecule has 0 heterocycles. The summed E-state index contributed by atoms with van der Waals surface area (Å²) in [7, 11) is 4.96. The van der Waals surface area contributed by atoms with Crippen LogP contribution >= 0.6 is 0 Å². The normalized spacial score (nSPS) is 11.8. The fourth-order valence-corrected chi connectivity index (χ4v) is 2.25. The molecule has 0 radical (unpaired) electrons. The Kier molecular flexibility index (Phi) is 5.67. The van der Waals surface area contributed by atoms with Gasteiger partial charge in [0.1, 0.15) is 5.75 Å². The van der Waals surface area contributed by atoms with E-state index in [2.05, 4.69) is 24.4 Å². The van der Waals surface area contributed by atoms with Crippen LogP contribution in [0, 0.1) is 0 Å². The van der Waals surface area contributed by atoms with Crippen LogP contribution in [0.3, 0.4) is 0 Å². The second kappa shape index (κ2) is 7.71. The van der Waals surface area contributed by atoms with E-state index in [9.17, 15) is 0 Å². The van der Waals surface area contributed by atoms with Crippen LogP contribution in [0.5, 0.6) is 17.2 Å². The third-order valence-corrected chi connectivity index (χ3v) is 3.68. The van der Waals surface area contributed by atoms with Crippen molar-refractivity contribution in [2.24, 2.45) is 0 Å². The van der Waals surface area contributed by atoms with E-state index in [1.54, 1.807) is 21.3 Å². The molecule has 0 aliphatic heterocycles. The van der Waals surface area contributed by atoms with Crippen molar-refractivity contribution in [3.63, 3.8) is 0 Å². The highest BCUT2D eigenvalue weighted by Crippen LogP contribution is 2.29.